The molecule has 0 spiro atoms. The summed E-state index contributed by atoms with van der Waals surface area (Å²) in [5.74, 6) is 0.202. The molecule has 3 heteroatoms. The Kier molecular flexibility index (Phi) is 2.96. The van der Waals surface area contributed by atoms with E-state index in [0.29, 0.717) is 0 Å². The van der Waals surface area contributed by atoms with E-state index in [1.54, 1.807) is 0 Å². The van der Waals surface area contributed by atoms with E-state index in [2.05, 4.69) is 18.3 Å². The van der Waals surface area contributed by atoms with Crippen LogP contribution in [0.25, 0.3) is 0 Å². The van der Waals surface area contributed by atoms with Gasteiger partial charge in [-0.15, -0.1) is 0 Å². The Morgan fingerprint density at radius 2 is 2.12 bits per heavy atom. The van der Waals surface area contributed by atoms with Gasteiger partial charge in [-0.2, -0.15) is 0 Å². The normalized spacial score (nSPS) is 18.7. The van der Waals surface area contributed by atoms with Gasteiger partial charge >= 0.3 is 0 Å². The van der Waals surface area contributed by atoms with Crippen LogP contribution in [0.1, 0.15) is 44.2 Å². The summed E-state index contributed by atoms with van der Waals surface area (Å²) >= 11 is 0. The molecule has 0 saturated carbocycles. The first-order valence-electron chi connectivity index (χ1n) is 6.07. The number of hydrogen-bond acceptors (Lipinski definition) is 2. The molecule has 1 aliphatic rings. The highest BCUT2D eigenvalue weighted by Gasteiger charge is 2.38. The number of fused-ring (bicyclic) bond motifs is 1. The van der Waals surface area contributed by atoms with Crippen molar-refractivity contribution in [1.29, 1.82) is 0 Å². The standard InChI is InChI=1S/C14H19NO2/c1-4-9(8-16)10-5-6-12-11(7-10)14(2,3)13(17)15-12/h5-7,9,16H,4,8H2,1-3H3,(H,15,17). The summed E-state index contributed by atoms with van der Waals surface area (Å²) in [6.45, 7) is 6.06. The molecule has 1 heterocycles. The SMILES string of the molecule is CCC(CO)c1ccc2c(c1)C(C)(C)C(=O)N2. The Balaban J connectivity index is 2.45. The van der Waals surface area contributed by atoms with E-state index in [1.165, 1.54) is 0 Å². The zero-order valence-electron chi connectivity index (χ0n) is 10.6. The van der Waals surface area contributed by atoms with Crippen LogP contribution in [-0.4, -0.2) is 17.6 Å². The summed E-state index contributed by atoms with van der Waals surface area (Å²) in [6.07, 6.45) is 0.900. The van der Waals surface area contributed by atoms with E-state index in [0.717, 1.165) is 23.2 Å². The van der Waals surface area contributed by atoms with Crippen molar-refractivity contribution in [2.24, 2.45) is 0 Å². The fourth-order valence-electron chi connectivity index (χ4n) is 2.31. The van der Waals surface area contributed by atoms with E-state index in [9.17, 15) is 9.90 Å². The topological polar surface area (TPSA) is 49.3 Å². The molecule has 1 unspecified atom stereocenters. The van der Waals surface area contributed by atoms with Crippen LogP contribution in [-0.2, 0) is 10.2 Å². The van der Waals surface area contributed by atoms with E-state index in [4.69, 9.17) is 0 Å². The summed E-state index contributed by atoms with van der Waals surface area (Å²) < 4.78 is 0. The van der Waals surface area contributed by atoms with Gasteiger partial charge in [0.2, 0.25) is 5.91 Å². The highest BCUT2D eigenvalue weighted by atomic mass is 16.3. The summed E-state index contributed by atoms with van der Waals surface area (Å²) in [4.78, 5) is 11.8. The van der Waals surface area contributed by atoms with Gasteiger partial charge in [0.25, 0.3) is 0 Å². The van der Waals surface area contributed by atoms with Crippen molar-refractivity contribution in [3.05, 3.63) is 29.3 Å². The number of amides is 1. The van der Waals surface area contributed by atoms with Crippen molar-refractivity contribution in [2.75, 3.05) is 11.9 Å². The van der Waals surface area contributed by atoms with Gasteiger partial charge < -0.3 is 10.4 Å². The van der Waals surface area contributed by atoms with Crippen molar-refractivity contribution in [3.8, 4) is 0 Å². The fourth-order valence-corrected chi connectivity index (χ4v) is 2.31. The molecule has 0 radical (unpaired) electrons. The molecule has 0 bridgehead atoms. The lowest BCUT2D eigenvalue weighted by Crippen LogP contribution is -2.27. The second-order valence-electron chi connectivity index (χ2n) is 5.17. The van der Waals surface area contributed by atoms with Gasteiger partial charge in [-0.05, 0) is 37.5 Å². The summed E-state index contributed by atoms with van der Waals surface area (Å²) in [7, 11) is 0. The monoisotopic (exact) mass is 233 g/mol. The zero-order chi connectivity index (χ0) is 12.6. The minimum absolute atomic E-state index is 0.0432. The third-order valence-electron chi connectivity index (χ3n) is 3.72. The predicted molar refractivity (Wildman–Crippen MR) is 68.2 cm³/mol. The molecular formula is C14H19NO2. The van der Waals surface area contributed by atoms with Crippen LogP contribution in [0.5, 0.6) is 0 Å². The molecule has 1 amide bonds. The number of carbonyl (C=O) groups excluding carboxylic acids is 1. The Bertz CT molecular complexity index is 448. The minimum atomic E-state index is -0.473. The molecule has 3 nitrogen and oxygen atoms in total. The van der Waals surface area contributed by atoms with Gasteiger partial charge in [0.05, 0.1) is 5.41 Å². The zero-order valence-corrected chi connectivity index (χ0v) is 10.6. The van der Waals surface area contributed by atoms with Crippen LogP contribution in [0.4, 0.5) is 5.69 Å². The molecule has 1 aliphatic heterocycles. The summed E-state index contributed by atoms with van der Waals surface area (Å²) in [6, 6.07) is 5.98. The largest absolute Gasteiger partial charge is 0.396 e. The van der Waals surface area contributed by atoms with Crippen LogP contribution >= 0.6 is 0 Å². The molecule has 17 heavy (non-hydrogen) atoms. The van der Waals surface area contributed by atoms with Crippen LogP contribution in [0.15, 0.2) is 18.2 Å². The van der Waals surface area contributed by atoms with E-state index >= 15 is 0 Å². The predicted octanol–water partition coefficient (Wildman–Crippen LogP) is 2.40. The second kappa shape index (κ2) is 4.15. The average Bonchev–Trinajstić information content (AvgIpc) is 2.53. The Morgan fingerprint density at radius 1 is 1.41 bits per heavy atom. The van der Waals surface area contributed by atoms with Gasteiger partial charge in [0.15, 0.2) is 0 Å². The van der Waals surface area contributed by atoms with Gasteiger partial charge in [-0.25, -0.2) is 0 Å². The van der Waals surface area contributed by atoms with Crippen LogP contribution < -0.4 is 5.32 Å². The van der Waals surface area contributed by atoms with Crippen molar-refractivity contribution in [1.82, 2.24) is 0 Å². The lowest BCUT2D eigenvalue weighted by molar-refractivity contribution is -0.119. The maximum Gasteiger partial charge on any atom is 0.234 e. The maximum atomic E-state index is 11.8. The first kappa shape index (κ1) is 12.1. The summed E-state index contributed by atoms with van der Waals surface area (Å²) in [5, 5.41) is 12.2. The molecule has 2 N–H and O–H groups in total. The molecule has 2 rings (SSSR count). The average molecular weight is 233 g/mol. The molecule has 1 aromatic carbocycles. The second-order valence-corrected chi connectivity index (χ2v) is 5.17. The molecule has 0 fully saturated rings. The number of nitrogens with one attached hydrogen (secondary N) is 1. The highest BCUT2D eigenvalue weighted by Crippen LogP contribution is 2.39. The quantitative estimate of drug-likeness (QED) is 0.842. The number of carbonyl (C=O) groups is 1. The Labute approximate surface area is 102 Å². The minimum Gasteiger partial charge on any atom is -0.396 e. The Morgan fingerprint density at radius 3 is 2.71 bits per heavy atom. The molecule has 0 saturated heterocycles. The van der Waals surface area contributed by atoms with Crippen LogP contribution in [0.2, 0.25) is 0 Å². The summed E-state index contributed by atoms with van der Waals surface area (Å²) in [5.41, 5.74) is 2.57. The first-order valence-corrected chi connectivity index (χ1v) is 6.07. The van der Waals surface area contributed by atoms with Crippen LogP contribution in [0, 0.1) is 0 Å². The van der Waals surface area contributed by atoms with E-state index in [-0.39, 0.29) is 18.4 Å². The third kappa shape index (κ3) is 1.84. The van der Waals surface area contributed by atoms with E-state index in [1.807, 2.05) is 26.0 Å². The Hall–Kier alpha value is -1.35. The number of rotatable bonds is 3. The number of aliphatic hydroxyl groups excluding tert-OH is 1. The van der Waals surface area contributed by atoms with Gasteiger partial charge in [0, 0.05) is 18.2 Å². The van der Waals surface area contributed by atoms with Gasteiger partial charge in [0.1, 0.15) is 0 Å². The molecular weight excluding hydrogens is 214 g/mol. The third-order valence-corrected chi connectivity index (χ3v) is 3.72. The molecule has 0 aromatic heterocycles. The van der Waals surface area contributed by atoms with E-state index < -0.39 is 5.41 Å². The van der Waals surface area contributed by atoms with Crippen molar-refractivity contribution in [2.45, 2.75) is 38.5 Å². The lowest BCUT2D eigenvalue weighted by atomic mass is 9.83. The lowest BCUT2D eigenvalue weighted by Gasteiger charge is -2.18. The first-order chi connectivity index (χ1) is 8.00. The fraction of sp³-hybridized carbons (Fsp3) is 0.500. The number of anilines is 1. The highest BCUT2D eigenvalue weighted by molar-refractivity contribution is 6.05. The molecule has 1 atom stereocenters. The maximum absolute atomic E-state index is 11.8. The van der Waals surface area contributed by atoms with Gasteiger partial charge in [-0.1, -0.05) is 19.1 Å². The van der Waals surface area contributed by atoms with Crippen molar-refractivity contribution >= 4 is 11.6 Å². The van der Waals surface area contributed by atoms with Crippen molar-refractivity contribution < 1.29 is 9.90 Å². The molecule has 0 aliphatic carbocycles. The number of benzene rings is 1. The molecule has 92 valence electrons. The number of hydrogen-bond donors (Lipinski definition) is 2. The smallest absolute Gasteiger partial charge is 0.234 e. The number of aliphatic hydroxyl groups is 1. The van der Waals surface area contributed by atoms with Gasteiger partial charge in [-0.3, -0.25) is 4.79 Å². The van der Waals surface area contributed by atoms with Crippen LogP contribution in [0.3, 0.4) is 0 Å². The van der Waals surface area contributed by atoms with Crippen molar-refractivity contribution in [3.63, 3.8) is 0 Å². The molecule has 1 aromatic rings.